The van der Waals surface area contributed by atoms with Gasteiger partial charge in [0.15, 0.2) is 0 Å². The van der Waals surface area contributed by atoms with E-state index in [2.05, 4.69) is 0 Å². The Balaban J connectivity index is -0.000000107. The monoisotopic (exact) mass is 390 g/mol. The van der Waals surface area contributed by atoms with Crippen LogP contribution < -0.4 is 0 Å². The SMILES string of the molecule is O=C(O)CCl.O=C(O)CCl.[Hg]. The molecular formula is C4H6Cl2HgO4. The van der Waals surface area contributed by atoms with Gasteiger partial charge in [0.25, 0.3) is 0 Å². The molecule has 0 aromatic heterocycles. The largest absolute Gasteiger partial charge is 0.480 e. The predicted octanol–water partition coefficient (Wildman–Crippen LogP) is 0.617. The van der Waals surface area contributed by atoms with Crippen molar-refractivity contribution in [2.45, 2.75) is 0 Å². The van der Waals surface area contributed by atoms with Crippen molar-refractivity contribution in [2.75, 3.05) is 11.8 Å². The molecule has 0 saturated heterocycles. The van der Waals surface area contributed by atoms with Crippen molar-refractivity contribution < 1.29 is 47.5 Å². The number of rotatable bonds is 2. The standard InChI is InChI=1S/2C2H3ClO2.Hg/c2*3-1-2(4)5;/h2*1H2,(H,4,5);. The van der Waals surface area contributed by atoms with Crippen LogP contribution in [0.15, 0.2) is 0 Å². The third kappa shape index (κ3) is 37.7. The first kappa shape index (κ1) is 17.5. The number of carbonyl (C=O) groups is 2. The van der Waals surface area contributed by atoms with Gasteiger partial charge in [0.1, 0.15) is 11.8 Å². The van der Waals surface area contributed by atoms with Crippen LogP contribution in [0.5, 0.6) is 0 Å². The van der Waals surface area contributed by atoms with Crippen LogP contribution in [0.4, 0.5) is 0 Å². The summed E-state index contributed by atoms with van der Waals surface area (Å²) >= 11 is 9.47. The van der Waals surface area contributed by atoms with Crippen LogP contribution in [0.1, 0.15) is 0 Å². The van der Waals surface area contributed by atoms with Crippen LogP contribution in [-0.4, -0.2) is 33.9 Å². The Kier molecular flexibility index (Phi) is 20.8. The molecule has 0 saturated carbocycles. The molecule has 7 heteroatoms. The first-order valence-corrected chi connectivity index (χ1v) is 3.17. The van der Waals surface area contributed by atoms with E-state index < -0.39 is 11.9 Å². The second-order valence-electron chi connectivity index (χ2n) is 1.05. The molecule has 0 aromatic rings. The molecule has 0 rings (SSSR count). The van der Waals surface area contributed by atoms with Crippen molar-refractivity contribution in [1.29, 1.82) is 0 Å². The van der Waals surface area contributed by atoms with Gasteiger partial charge in [0, 0.05) is 27.7 Å². The summed E-state index contributed by atoms with van der Waals surface area (Å²) in [6, 6.07) is 0. The maximum atomic E-state index is 9.24. The van der Waals surface area contributed by atoms with Crippen LogP contribution in [0, 0.1) is 0 Å². The van der Waals surface area contributed by atoms with Crippen molar-refractivity contribution in [1.82, 2.24) is 0 Å². The van der Waals surface area contributed by atoms with Gasteiger partial charge in [-0.2, -0.15) is 0 Å². The summed E-state index contributed by atoms with van der Waals surface area (Å²) < 4.78 is 0. The molecule has 0 bridgehead atoms. The summed E-state index contributed by atoms with van der Waals surface area (Å²) in [6.07, 6.45) is 0. The molecule has 0 aliphatic heterocycles. The van der Waals surface area contributed by atoms with Gasteiger partial charge in [-0.25, -0.2) is 0 Å². The second kappa shape index (κ2) is 13.1. The molecule has 2 N–H and O–H groups in total. The predicted molar refractivity (Wildman–Crippen MR) is 36.7 cm³/mol. The summed E-state index contributed by atoms with van der Waals surface area (Å²) in [5, 5.41) is 15.2. The Bertz CT molecular complexity index is 105. The molecule has 0 aromatic carbocycles. The summed E-state index contributed by atoms with van der Waals surface area (Å²) in [4.78, 5) is 18.5. The summed E-state index contributed by atoms with van der Waals surface area (Å²) in [5.41, 5.74) is 0. The Morgan fingerprint density at radius 1 is 1.00 bits per heavy atom. The summed E-state index contributed by atoms with van der Waals surface area (Å²) in [6.45, 7) is 0. The van der Waals surface area contributed by atoms with Gasteiger partial charge in [-0.1, -0.05) is 0 Å². The molecule has 0 fully saturated rings. The number of carboxylic acids is 2. The zero-order chi connectivity index (χ0) is 8.57. The molecule has 0 amide bonds. The van der Waals surface area contributed by atoms with Crippen LogP contribution in [-0.2, 0) is 37.3 Å². The fourth-order valence-electron chi connectivity index (χ4n) is 0. The normalized spacial score (nSPS) is 6.73. The van der Waals surface area contributed by atoms with Crippen molar-refractivity contribution in [3.8, 4) is 0 Å². The quantitative estimate of drug-likeness (QED) is 0.536. The fraction of sp³-hybridized carbons (Fsp3) is 0.500. The van der Waals surface area contributed by atoms with E-state index in [4.69, 9.17) is 33.4 Å². The molecule has 0 heterocycles. The van der Waals surface area contributed by atoms with E-state index in [0.717, 1.165) is 0 Å². The number of halogens is 2. The van der Waals surface area contributed by atoms with Crippen LogP contribution in [0.3, 0.4) is 0 Å². The molecule has 4 nitrogen and oxygen atoms in total. The number of hydrogen-bond donors (Lipinski definition) is 2. The second-order valence-corrected chi connectivity index (χ2v) is 1.59. The molecule has 11 heavy (non-hydrogen) atoms. The number of alkyl halides is 2. The fourth-order valence-corrected chi connectivity index (χ4v) is 0. The first-order chi connectivity index (χ1) is 4.54. The van der Waals surface area contributed by atoms with Crippen LogP contribution in [0.2, 0.25) is 0 Å². The third-order valence-electron chi connectivity index (χ3n) is 0.229. The minimum Gasteiger partial charge on any atom is -0.480 e. The molecule has 0 aliphatic rings. The average molecular weight is 390 g/mol. The molecule has 0 atom stereocenters. The van der Waals surface area contributed by atoms with Crippen molar-refractivity contribution in [3.63, 3.8) is 0 Å². The van der Waals surface area contributed by atoms with Crippen LogP contribution in [0.25, 0.3) is 0 Å². The van der Waals surface area contributed by atoms with Crippen LogP contribution >= 0.6 is 23.2 Å². The molecular weight excluding hydrogens is 384 g/mol. The van der Waals surface area contributed by atoms with E-state index in [-0.39, 0.29) is 39.4 Å². The minimum absolute atomic E-state index is 0. The molecule has 62 valence electrons. The van der Waals surface area contributed by atoms with E-state index >= 15 is 0 Å². The average Bonchev–Trinajstić information content (AvgIpc) is 1.89. The van der Waals surface area contributed by atoms with E-state index in [1.807, 2.05) is 0 Å². The van der Waals surface area contributed by atoms with Gasteiger partial charge in [0.2, 0.25) is 0 Å². The Morgan fingerprint density at radius 3 is 1.09 bits per heavy atom. The van der Waals surface area contributed by atoms with E-state index in [0.29, 0.717) is 0 Å². The Morgan fingerprint density at radius 2 is 1.09 bits per heavy atom. The van der Waals surface area contributed by atoms with E-state index in [9.17, 15) is 9.59 Å². The van der Waals surface area contributed by atoms with Gasteiger partial charge in [0.05, 0.1) is 0 Å². The maximum absolute atomic E-state index is 9.24. The minimum atomic E-state index is -0.980. The smallest absolute Gasteiger partial charge is 0.318 e. The van der Waals surface area contributed by atoms with Gasteiger partial charge in [-0.05, 0) is 0 Å². The summed E-state index contributed by atoms with van der Waals surface area (Å²) in [7, 11) is 0. The van der Waals surface area contributed by atoms with E-state index in [1.165, 1.54) is 0 Å². The Labute approximate surface area is 94.0 Å². The Hall–Kier alpha value is 0.455. The molecule has 0 unspecified atom stereocenters. The first-order valence-electron chi connectivity index (χ1n) is 2.10. The number of hydrogen-bond acceptors (Lipinski definition) is 2. The molecule has 0 aliphatic carbocycles. The maximum Gasteiger partial charge on any atom is 0.318 e. The number of aliphatic carboxylic acids is 2. The van der Waals surface area contributed by atoms with Crippen molar-refractivity contribution in [3.05, 3.63) is 0 Å². The topological polar surface area (TPSA) is 74.6 Å². The van der Waals surface area contributed by atoms with Gasteiger partial charge in [-0.3, -0.25) is 9.59 Å². The summed E-state index contributed by atoms with van der Waals surface area (Å²) in [5.74, 6) is -2.57. The molecule has 0 radical (unpaired) electrons. The molecule has 0 spiro atoms. The van der Waals surface area contributed by atoms with Crippen molar-refractivity contribution in [2.24, 2.45) is 0 Å². The number of carboxylic acid groups (broad SMARTS) is 2. The van der Waals surface area contributed by atoms with Gasteiger partial charge < -0.3 is 10.2 Å². The zero-order valence-electron chi connectivity index (χ0n) is 5.59. The van der Waals surface area contributed by atoms with Gasteiger partial charge in [-0.15, -0.1) is 23.2 Å². The zero-order valence-corrected chi connectivity index (χ0v) is 12.6. The van der Waals surface area contributed by atoms with Gasteiger partial charge >= 0.3 is 11.9 Å². The third-order valence-corrected chi connectivity index (χ3v) is 0.686. The van der Waals surface area contributed by atoms with E-state index in [1.54, 1.807) is 0 Å². The van der Waals surface area contributed by atoms with Crippen molar-refractivity contribution >= 4 is 35.1 Å².